The maximum absolute atomic E-state index is 12.9. The van der Waals surface area contributed by atoms with E-state index in [4.69, 9.17) is 18.5 Å². The quantitative estimate of drug-likeness (QED) is 0.0195. The molecular weight excluding hydrogens is 1130 g/mol. The number of carbonyl (C=O) groups excluding carboxylic acids is 2. The van der Waals surface area contributed by atoms with E-state index in [1.54, 1.807) is 0 Å². The molecule has 0 aromatic heterocycles. The molecule has 0 spiro atoms. The van der Waals surface area contributed by atoms with Crippen molar-refractivity contribution in [3.8, 4) is 0 Å². The molecule has 0 aromatic rings. The first kappa shape index (κ1) is 86.4. The largest absolute Gasteiger partial charge is 0.756 e. The van der Waals surface area contributed by atoms with Gasteiger partial charge in [-0.15, -0.1) is 0 Å². The number of unbranched alkanes of at least 4 members (excludes halogenated alkanes) is 34. The monoisotopic (exact) mass is 1270 g/mol. The molecule has 0 aliphatic heterocycles. The van der Waals surface area contributed by atoms with Crippen molar-refractivity contribution in [2.24, 2.45) is 0 Å². The summed E-state index contributed by atoms with van der Waals surface area (Å²) in [5, 5.41) is 0. The van der Waals surface area contributed by atoms with Crippen LogP contribution in [0.15, 0.2) is 122 Å². The predicted octanol–water partition coefficient (Wildman–Crippen LogP) is 24.0. The molecule has 10 heteroatoms. The number of quaternary nitrogens is 1. The number of likely N-dealkylation sites (N-methyl/N-ethyl adjacent to an activating group) is 1. The molecule has 0 aliphatic rings. The van der Waals surface area contributed by atoms with Gasteiger partial charge in [-0.1, -0.05) is 322 Å². The van der Waals surface area contributed by atoms with Gasteiger partial charge in [0.25, 0.3) is 7.82 Å². The Morgan fingerprint density at radius 2 is 0.633 bits per heavy atom. The SMILES string of the molecule is CC/C=C\C/C=C\C/C=C\C/C=C\C/C=C\C/C=C\C/C=C\CCCCCCCCCCCCCCCC(=O)OC(COC(=O)CCCCCCCCCCCCCCCCCC/C=C\C/C=C\C/C=C\CCCCCCC)COP(=O)([O-])OCC[N+](C)(C)C. The van der Waals surface area contributed by atoms with Crippen molar-refractivity contribution in [3.63, 3.8) is 0 Å². The molecule has 0 saturated carbocycles. The lowest BCUT2D eigenvalue weighted by molar-refractivity contribution is -0.870. The molecule has 0 bridgehead atoms. The number of hydrogen-bond donors (Lipinski definition) is 0. The summed E-state index contributed by atoms with van der Waals surface area (Å²) in [6.07, 6.45) is 100.0. The van der Waals surface area contributed by atoms with E-state index in [-0.39, 0.29) is 32.0 Å². The van der Waals surface area contributed by atoms with Gasteiger partial charge in [-0.2, -0.15) is 0 Å². The van der Waals surface area contributed by atoms with Crippen molar-refractivity contribution in [1.29, 1.82) is 0 Å². The summed E-state index contributed by atoms with van der Waals surface area (Å²) in [5.74, 6) is -0.829. The van der Waals surface area contributed by atoms with Gasteiger partial charge >= 0.3 is 11.9 Å². The molecule has 0 heterocycles. The van der Waals surface area contributed by atoms with Crippen LogP contribution in [0.4, 0.5) is 0 Å². The summed E-state index contributed by atoms with van der Waals surface area (Å²) in [4.78, 5) is 38.1. The van der Waals surface area contributed by atoms with E-state index in [1.165, 1.54) is 193 Å². The molecule has 0 aliphatic carbocycles. The Hall–Kier alpha value is -3.59. The van der Waals surface area contributed by atoms with Crippen molar-refractivity contribution in [1.82, 2.24) is 0 Å². The number of phosphoric ester groups is 1. The highest BCUT2D eigenvalue weighted by Crippen LogP contribution is 2.38. The zero-order chi connectivity index (χ0) is 65.5. The molecule has 0 aromatic carbocycles. The highest BCUT2D eigenvalue weighted by Gasteiger charge is 2.22. The Balaban J connectivity index is 4.04. The van der Waals surface area contributed by atoms with Gasteiger partial charge in [0.2, 0.25) is 0 Å². The maximum Gasteiger partial charge on any atom is 0.306 e. The number of carbonyl (C=O) groups is 2. The van der Waals surface area contributed by atoms with Crippen molar-refractivity contribution in [2.45, 2.75) is 328 Å². The maximum atomic E-state index is 12.9. The van der Waals surface area contributed by atoms with Crippen LogP contribution in [0.3, 0.4) is 0 Å². The van der Waals surface area contributed by atoms with Crippen LogP contribution >= 0.6 is 7.82 Å². The third-order valence-electron chi connectivity index (χ3n) is 16.0. The Labute approximate surface area is 556 Å². The van der Waals surface area contributed by atoms with Crippen LogP contribution in [0.2, 0.25) is 0 Å². The van der Waals surface area contributed by atoms with Crippen LogP contribution in [-0.2, 0) is 32.7 Å². The number of hydrogen-bond acceptors (Lipinski definition) is 8. The van der Waals surface area contributed by atoms with E-state index in [2.05, 4.69) is 135 Å². The lowest BCUT2D eigenvalue weighted by Gasteiger charge is -2.28. The van der Waals surface area contributed by atoms with Gasteiger partial charge < -0.3 is 27.9 Å². The molecule has 2 atom stereocenters. The van der Waals surface area contributed by atoms with Crippen LogP contribution in [-0.4, -0.2) is 70.0 Å². The molecule has 90 heavy (non-hydrogen) atoms. The summed E-state index contributed by atoms with van der Waals surface area (Å²) in [5.41, 5.74) is 0. The molecule has 2 unspecified atom stereocenters. The van der Waals surface area contributed by atoms with E-state index in [0.29, 0.717) is 17.4 Å². The van der Waals surface area contributed by atoms with Crippen LogP contribution < -0.4 is 4.89 Å². The zero-order valence-corrected chi connectivity index (χ0v) is 59.9. The second-order valence-electron chi connectivity index (χ2n) is 25.9. The third-order valence-corrected chi connectivity index (χ3v) is 16.9. The van der Waals surface area contributed by atoms with E-state index >= 15 is 0 Å². The Morgan fingerprint density at radius 3 is 0.944 bits per heavy atom. The van der Waals surface area contributed by atoms with Crippen LogP contribution in [0, 0.1) is 0 Å². The highest BCUT2D eigenvalue weighted by molar-refractivity contribution is 7.45. The fourth-order valence-electron chi connectivity index (χ4n) is 10.3. The van der Waals surface area contributed by atoms with Gasteiger partial charge in [-0.3, -0.25) is 14.2 Å². The van der Waals surface area contributed by atoms with Gasteiger partial charge in [0.05, 0.1) is 27.7 Å². The summed E-state index contributed by atoms with van der Waals surface area (Å²) in [6, 6.07) is 0. The summed E-state index contributed by atoms with van der Waals surface area (Å²) in [6.45, 7) is 4.14. The predicted molar refractivity (Wildman–Crippen MR) is 388 cm³/mol. The van der Waals surface area contributed by atoms with Gasteiger partial charge in [0.15, 0.2) is 6.10 Å². The number of rotatable bonds is 68. The molecule has 9 nitrogen and oxygen atoms in total. The lowest BCUT2D eigenvalue weighted by Crippen LogP contribution is -2.37. The molecule has 518 valence electrons. The normalized spacial score (nSPS) is 13.8. The summed E-state index contributed by atoms with van der Waals surface area (Å²) >= 11 is 0. The number of phosphoric acid groups is 1. The summed E-state index contributed by atoms with van der Waals surface area (Å²) < 4.78 is 34.4. The second-order valence-corrected chi connectivity index (χ2v) is 27.3. The van der Waals surface area contributed by atoms with Gasteiger partial charge in [0, 0.05) is 12.8 Å². The average Bonchev–Trinajstić information content (AvgIpc) is 3.61. The van der Waals surface area contributed by atoms with E-state index < -0.39 is 26.5 Å². The van der Waals surface area contributed by atoms with Gasteiger partial charge in [-0.25, -0.2) is 0 Å². The van der Waals surface area contributed by atoms with Crippen LogP contribution in [0.1, 0.15) is 322 Å². The molecule has 0 N–H and O–H groups in total. The first-order valence-electron chi connectivity index (χ1n) is 37.2. The van der Waals surface area contributed by atoms with E-state index in [1.807, 2.05) is 21.1 Å². The van der Waals surface area contributed by atoms with Crippen LogP contribution in [0.5, 0.6) is 0 Å². The van der Waals surface area contributed by atoms with E-state index in [9.17, 15) is 19.0 Å². The van der Waals surface area contributed by atoms with E-state index in [0.717, 1.165) is 96.3 Å². The number of allylic oxidation sites excluding steroid dienone is 20. The van der Waals surface area contributed by atoms with Crippen molar-refractivity contribution < 1.29 is 42.1 Å². The molecular formula is C80H140NO8P. The molecule has 0 rings (SSSR count). The first-order valence-corrected chi connectivity index (χ1v) is 38.7. The Morgan fingerprint density at radius 1 is 0.356 bits per heavy atom. The molecule has 0 amide bonds. The Bertz CT molecular complexity index is 1940. The minimum Gasteiger partial charge on any atom is -0.756 e. The molecule has 0 fully saturated rings. The summed E-state index contributed by atoms with van der Waals surface area (Å²) in [7, 11) is 1.16. The topological polar surface area (TPSA) is 111 Å². The molecule has 0 radical (unpaired) electrons. The lowest BCUT2D eigenvalue weighted by atomic mass is 10.0. The number of esters is 2. The van der Waals surface area contributed by atoms with Gasteiger partial charge in [0.1, 0.15) is 19.8 Å². The standard InChI is InChI=1S/C80H140NO8P/c1-6-8-10-12-14-16-18-20-22-24-26-28-30-32-34-36-38-39-40-41-43-45-47-49-51-53-55-57-59-61-63-65-67-69-71-73-80(83)89-78(77-88-90(84,85)87-75-74-81(3,4)5)76-86-79(82)72-70-68-66-64-62-60-58-56-54-52-50-48-46-44-42-37-35-33-31-29-27-25-23-21-19-17-15-13-11-9-7-2/h8,10,14,16,19-22,25-28,31-34,38-39,41,43,78H,6-7,9,11-13,15,17-18,23-24,29-30,35-37,40,42,44-77H2,1-5H3/b10-8-,16-14-,21-19-,22-20-,27-25-,28-26-,33-31-,34-32-,39-38-,43-41-. The zero-order valence-electron chi connectivity index (χ0n) is 59.1. The third kappa shape index (κ3) is 73.5. The number of nitrogens with zero attached hydrogens (tertiary/aromatic N) is 1. The fourth-order valence-corrected chi connectivity index (χ4v) is 11.0. The minimum atomic E-state index is -4.65. The minimum absolute atomic E-state index is 0.0346. The highest BCUT2D eigenvalue weighted by atomic mass is 31.2. The van der Waals surface area contributed by atoms with Crippen molar-refractivity contribution in [3.05, 3.63) is 122 Å². The number of ether oxygens (including phenoxy) is 2. The van der Waals surface area contributed by atoms with Crippen molar-refractivity contribution in [2.75, 3.05) is 47.5 Å². The first-order chi connectivity index (χ1) is 44.0. The average molecular weight is 1270 g/mol. The smallest absolute Gasteiger partial charge is 0.306 e. The fraction of sp³-hybridized carbons (Fsp3) is 0.725. The molecule has 0 saturated heterocycles. The second kappa shape index (κ2) is 69.7. The Kier molecular flexibility index (Phi) is 67.0. The van der Waals surface area contributed by atoms with Crippen LogP contribution in [0.25, 0.3) is 0 Å². The van der Waals surface area contributed by atoms with Crippen molar-refractivity contribution >= 4 is 19.8 Å². The van der Waals surface area contributed by atoms with Gasteiger partial charge in [-0.05, 0) is 109 Å².